The van der Waals surface area contributed by atoms with Crippen LogP contribution in [0.2, 0.25) is 0 Å². The second-order valence-corrected chi connectivity index (χ2v) is 3.74. The Hall–Kier alpha value is -0.390. The highest BCUT2D eigenvalue weighted by molar-refractivity contribution is 7.80. The molecule has 4 nitrogen and oxygen atoms in total. The Labute approximate surface area is 76.4 Å². The molecule has 0 aromatic rings. The van der Waals surface area contributed by atoms with Crippen molar-refractivity contribution in [2.45, 2.75) is 31.0 Å². The van der Waals surface area contributed by atoms with Crippen LogP contribution in [0.5, 0.6) is 0 Å². The molecule has 1 aliphatic carbocycles. The lowest BCUT2D eigenvalue weighted by Gasteiger charge is -2.11. The molecule has 3 N–H and O–H groups in total. The number of hydrogen-bond acceptors (Lipinski definition) is 4. The van der Waals surface area contributed by atoms with E-state index in [9.17, 15) is 0 Å². The summed E-state index contributed by atoms with van der Waals surface area (Å²) in [5.74, 6) is 5.08. The van der Waals surface area contributed by atoms with Gasteiger partial charge in [-0.15, -0.1) is 0 Å². The summed E-state index contributed by atoms with van der Waals surface area (Å²) in [5.41, 5.74) is 2.44. The highest BCUT2D eigenvalue weighted by atomic mass is 32.1. The number of rotatable bonds is 1. The summed E-state index contributed by atoms with van der Waals surface area (Å²) in [7, 11) is 0. The van der Waals surface area contributed by atoms with Crippen molar-refractivity contribution in [3.05, 3.63) is 0 Å². The van der Waals surface area contributed by atoms with Crippen molar-refractivity contribution in [3.63, 3.8) is 0 Å². The molecule has 0 aromatic carbocycles. The number of thiocarbonyl (C=S) groups is 1. The fourth-order valence-corrected chi connectivity index (χ4v) is 1.69. The average Bonchev–Trinajstić information content (AvgIpc) is 2.68. The van der Waals surface area contributed by atoms with Gasteiger partial charge in [-0.05, 0) is 25.1 Å². The van der Waals surface area contributed by atoms with Gasteiger partial charge in [0.1, 0.15) is 6.10 Å². The van der Waals surface area contributed by atoms with Gasteiger partial charge in [-0.3, -0.25) is 5.43 Å². The molecule has 0 radical (unpaired) electrons. The molecule has 12 heavy (non-hydrogen) atoms. The van der Waals surface area contributed by atoms with Gasteiger partial charge >= 0.3 is 0 Å². The van der Waals surface area contributed by atoms with Gasteiger partial charge in [-0.2, -0.15) is 0 Å². The number of nitrogens with two attached hydrogens (primary N) is 1. The first-order valence-electron chi connectivity index (χ1n) is 4.05. The Morgan fingerprint density at radius 2 is 2.42 bits per heavy atom. The molecule has 1 aliphatic heterocycles. The third-order valence-corrected chi connectivity index (χ3v) is 2.59. The van der Waals surface area contributed by atoms with Crippen molar-refractivity contribution >= 4 is 17.4 Å². The van der Waals surface area contributed by atoms with Crippen LogP contribution in [0.4, 0.5) is 0 Å². The maximum absolute atomic E-state index is 5.56. The minimum atomic E-state index is 0.0936. The third kappa shape index (κ3) is 1.53. The Kier molecular flexibility index (Phi) is 1.94. The summed E-state index contributed by atoms with van der Waals surface area (Å²) >= 11 is 4.77. The van der Waals surface area contributed by atoms with Crippen molar-refractivity contribution in [2.24, 2.45) is 5.84 Å². The Bertz CT molecular complexity index is 206. The van der Waals surface area contributed by atoms with Crippen LogP contribution in [0.1, 0.15) is 19.3 Å². The number of hydrogen-bond donors (Lipinski definition) is 2. The van der Waals surface area contributed by atoms with Crippen LogP contribution in [0.15, 0.2) is 0 Å². The van der Waals surface area contributed by atoms with Crippen molar-refractivity contribution in [1.29, 1.82) is 0 Å². The second kappa shape index (κ2) is 2.83. The van der Waals surface area contributed by atoms with E-state index in [0.29, 0.717) is 6.61 Å². The summed E-state index contributed by atoms with van der Waals surface area (Å²) in [4.78, 5) is 0. The number of hydrazine groups is 1. The maximum Gasteiger partial charge on any atom is 0.271 e. The molecule has 2 fully saturated rings. The average molecular weight is 188 g/mol. The van der Waals surface area contributed by atoms with Crippen LogP contribution in [-0.2, 0) is 9.47 Å². The van der Waals surface area contributed by atoms with Gasteiger partial charge in [0.2, 0.25) is 0 Å². The topological polar surface area (TPSA) is 56.5 Å². The van der Waals surface area contributed by atoms with Crippen LogP contribution in [-0.4, -0.2) is 23.5 Å². The molecule has 1 saturated carbocycles. The molecule has 1 heterocycles. The van der Waals surface area contributed by atoms with Gasteiger partial charge in [0, 0.05) is 6.42 Å². The van der Waals surface area contributed by atoms with E-state index >= 15 is 0 Å². The SMILES string of the molecule is NNC(=S)OC1COC2(CC2)C1. The maximum atomic E-state index is 5.56. The third-order valence-electron chi connectivity index (χ3n) is 2.37. The zero-order chi connectivity index (χ0) is 8.60. The molecule has 68 valence electrons. The molecular weight excluding hydrogens is 176 g/mol. The predicted octanol–water partition coefficient (Wildman–Crippen LogP) is 0.0727. The lowest BCUT2D eigenvalue weighted by Crippen LogP contribution is -2.33. The molecular formula is C7H12N2O2S. The largest absolute Gasteiger partial charge is 0.464 e. The quantitative estimate of drug-likeness (QED) is 0.346. The van der Waals surface area contributed by atoms with Crippen LogP contribution >= 0.6 is 12.2 Å². The van der Waals surface area contributed by atoms with E-state index in [1.54, 1.807) is 0 Å². The fourth-order valence-electron chi connectivity index (χ4n) is 1.55. The van der Waals surface area contributed by atoms with Gasteiger partial charge in [0.15, 0.2) is 0 Å². The normalized spacial score (nSPS) is 30.2. The van der Waals surface area contributed by atoms with E-state index in [1.807, 2.05) is 0 Å². The van der Waals surface area contributed by atoms with Crippen LogP contribution in [0.3, 0.4) is 0 Å². The molecule has 1 saturated heterocycles. The molecule has 1 spiro atoms. The lowest BCUT2D eigenvalue weighted by atomic mass is 10.2. The van der Waals surface area contributed by atoms with E-state index in [4.69, 9.17) is 27.5 Å². The summed E-state index contributed by atoms with van der Waals surface area (Å²) in [6.07, 6.45) is 3.37. The first kappa shape index (κ1) is 8.22. The first-order valence-corrected chi connectivity index (χ1v) is 4.46. The van der Waals surface area contributed by atoms with Gasteiger partial charge < -0.3 is 9.47 Å². The van der Waals surface area contributed by atoms with Crippen molar-refractivity contribution in [3.8, 4) is 0 Å². The summed E-state index contributed by atoms with van der Waals surface area (Å²) in [6, 6.07) is 0. The monoisotopic (exact) mass is 188 g/mol. The van der Waals surface area contributed by atoms with E-state index in [0.717, 1.165) is 19.3 Å². The smallest absolute Gasteiger partial charge is 0.271 e. The van der Waals surface area contributed by atoms with Crippen LogP contribution in [0, 0.1) is 0 Å². The molecule has 2 aliphatic rings. The Morgan fingerprint density at radius 3 is 2.92 bits per heavy atom. The van der Waals surface area contributed by atoms with Gasteiger partial charge in [-0.1, -0.05) is 0 Å². The van der Waals surface area contributed by atoms with E-state index in [2.05, 4.69) is 5.43 Å². The minimum absolute atomic E-state index is 0.0936. The van der Waals surface area contributed by atoms with E-state index in [1.165, 1.54) is 0 Å². The molecule has 0 amide bonds. The molecule has 2 rings (SSSR count). The molecule has 0 bridgehead atoms. The van der Waals surface area contributed by atoms with Gasteiger partial charge in [0.25, 0.3) is 5.17 Å². The van der Waals surface area contributed by atoms with E-state index < -0.39 is 0 Å². The fraction of sp³-hybridized carbons (Fsp3) is 0.857. The molecule has 1 atom stereocenters. The number of nitrogens with one attached hydrogen (secondary N) is 1. The number of ether oxygens (including phenoxy) is 2. The molecule has 5 heteroatoms. The highest BCUT2D eigenvalue weighted by Crippen LogP contribution is 2.47. The van der Waals surface area contributed by atoms with E-state index in [-0.39, 0.29) is 16.9 Å². The Balaban J connectivity index is 1.80. The predicted molar refractivity (Wildman–Crippen MR) is 47.3 cm³/mol. The van der Waals surface area contributed by atoms with Crippen molar-refractivity contribution in [1.82, 2.24) is 5.43 Å². The van der Waals surface area contributed by atoms with Gasteiger partial charge in [0.05, 0.1) is 12.2 Å². The Morgan fingerprint density at radius 1 is 1.67 bits per heavy atom. The first-order chi connectivity index (χ1) is 5.74. The lowest BCUT2D eigenvalue weighted by molar-refractivity contribution is 0.0766. The van der Waals surface area contributed by atoms with Crippen LogP contribution in [0.25, 0.3) is 0 Å². The zero-order valence-electron chi connectivity index (χ0n) is 6.71. The molecule has 1 unspecified atom stereocenters. The second-order valence-electron chi connectivity index (χ2n) is 3.37. The summed E-state index contributed by atoms with van der Waals surface area (Å²) < 4.78 is 10.9. The standard InChI is InChI=1S/C7H12N2O2S/c8-9-6(12)11-5-3-7(1-2-7)10-4-5/h5H,1-4,8H2,(H,9,12). The molecule has 0 aromatic heterocycles. The highest BCUT2D eigenvalue weighted by Gasteiger charge is 2.51. The van der Waals surface area contributed by atoms with Crippen molar-refractivity contribution < 1.29 is 9.47 Å². The van der Waals surface area contributed by atoms with Crippen molar-refractivity contribution in [2.75, 3.05) is 6.61 Å². The summed E-state index contributed by atoms with van der Waals surface area (Å²) in [6.45, 7) is 0.641. The zero-order valence-corrected chi connectivity index (χ0v) is 7.52. The van der Waals surface area contributed by atoms with Gasteiger partial charge in [-0.25, -0.2) is 5.84 Å². The summed E-state index contributed by atoms with van der Waals surface area (Å²) in [5, 5.41) is 0.251. The van der Waals surface area contributed by atoms with Crippen LogP contribution < -0.4 is 11.3 Å². The minimum Gasteiger partial charge on any atom is -0.464 e.